The summed E-state index contributed by atoms with van der Waals surface area (Å²) in [6.45, 7) is 5.18. The summed E-state index contributed by atoms with van der Waals surface area (Å²) in [6.07, 6.45) is 4.85. The van der Waals surface area contributed by atoms with Crippen LogP contribution in [0.2, 0.25) is 0 Å². The van der Waals surface area contributed by atoms with Gasteiger partial charge in [-0.2, -0.15) is 5.10 Å². The van der Waals surface area contributed by atoms with Gasteiger partial charge < -0.3 is 10.6 Å². The van der Waals surface area contributed by atoms with E-state index in [0.29, 0.717) is 6.04 Å². The lowest BCUT2D eigenvalue weighted by Crippen LogP contribution is -2.41. The summed E-state index contributed by atoms with van der Waals surface area (Å²) in [5, 5.41) is 12.2. The van der Waals surface area contributed by atoms with E-state index in [0.717, 1.165) is 30.0 Å². The zero-order valence-corrected chi connectivity index (χ0v) is 11.5. The minimum Gasteiger partial charge on any atom is -0.384 e. The van der Waals surface area contributed by atoms with E-state index in [1.54, 1.807) is 0 Å². The van der Waals surface area contributed by atoms with Crippen molar-refractivity contribution in [1.29, 1.82) is 5.41 Å². The van der Waals surface area contributed by atoms with Gasteiger partial charge in [-0.05, 0) is 32.6 Å². The first-order valence-electron chi connectivity index (χ1n) is 6.70. The molecule has 0 spiro atoms. The first kappa shape index (κ1) is 12.9. The quantitative estimate of drug-likeness (QED) is 0.633. The van der Waals surface area contributed by atoms with E-state index in [9.17, 15) is 0 Å². The van der Waals surface area contributed by atoms with Crippen LogP contribution in [-0.4, -0.2) is 28.2 Å². The average Bonchev–Trinajstić information content (AvgIpc) is 2.64. The molecule has 1 aromatic rings. The second kappa shape index (κ2) is 5.00. The van der Waals surface area contributed by atoms with Crippen molar-refractivity contribution in [3.8, 4) is 0 Å². The van der Waals surface area contributed by atoms with Crippen LogP contribution in [-0.2, 0) is 7.05 Å². The molecule has 1 fully saturated rings. The lowest BCUT2D eigenvalue weighted by molar-refractivity contribution is 0.441. The Hall–Kier alpha value is -1.52. The highest BCUT2D eigenvalue weighted by Gasteiger charge is 2.27. The highest BCUT2D eigenvalue weighted by atomic mass is 15.4. The monoisotopic (exact) mass is 249 g/mol. The second-order valence-corrected chi connectivity index (χ2v) is 5.07. The van der Waals surface area contributed by atoms with E-state index in [4.69, 9.17) is 11.1 Å². The summed E-state index contributed by atoms with van der Waals surface area (Å²) in [7, 11) is 1.94. The topological polar surface area (TPSA) is 70.9 Å². The third kappa shape index (κ3) is 2.09. The number of nitrogen functional groups attached to an aromatic ring is 1. The van der Waals surface area contributed by atoms with Crippen molar-refractivity contribution in [2.24, 2.45) is 12.8 Å². The van der Waals surface area contributed by atoms with Crippen molar-refractivity contribution in [3.63, 3.8) is 0 Å². The number of rotatable bonds is 3. The van der Waals surface area contributed by atoms with Crippen molar-refractivity contribution in [1.82, 2.24) is 9.78 Å². The van der Waals surface area contributed by atoms with Crippen LogP contribution in [0.25, 0.3) is 0 Å². The number of nitrogens with one attached hydrogen (secondary N) is 1. The normalized spacial score (nSPS) is 20.2. The number of nitrogens with zero attached hydrogens (tertiary/aromatic N) is 3. The van der Waals surface area contributed by atoms with Gasteiger partial charge in [-0.1, -0.05) is 6.92 Å². The molecule has 1 saturated heterocycles. The number of aromatic nitrogens is 2. The van der Waals surface area contributed by atoms with Gasteiger partial charge in [-0.25, -0.2) is 0 Å². The lowest BCUT2D eigenvalue weighted by Gasteiger charge is -2.37. The Balaban J connectivity index is 2.45. The highest BCUT2D eigenvalue weighted by Crippen LogP contribution is 2.30. The van der Waals surface area contributed by atoms with Crippen LogP contribution in [0.15, 0.2) is 0 Å². The van der Waals surface area contributed by atoms with Crippen LogP contribution in [0.5, 0.6) is 0 Å². The van der Waals surface area contributed by atoms with Crippen molar-refractivity contribution >= 4 is 11.7 Å². The Kier molecular flexibility index (Phi) is 3.59. The lowest BCUT2D eigenvalue weighted by atomic mass is 9.99. The SMILES string of the molecule is CCC1CCCCN1c1c(C(=N)N)c(C)nn1C. The molecular formula is C13H23N5. The van der Waals surface area contributed by atoms with Gasteiger partial charge in [0.25, 0.3) is 0 Å². The van der Waals surface area contributed by atoms with Gasteiger partial charge >= 0.3 is 0 Å². The molecule has 3 N–H and O–H groups in total. The van der Waals surface area contributed by atoms with Gasteiger partial charge in [0, 0.05) is 19.6 Å². The molecule has 1 unspecified atom stereocenters. The largest absolute Gasteiger partial charge is 0.384 e. The Morgan fingerprint density at radius 1 is 1.50 bits per heavy atom. The van der Waals surface area contributed by atoms with E-state index in [2.05, 4.69) is 16.9 Å². The fourth-order valence-corrected chi connectivity index (χ4v) is 2.99. The fraction of sp³-hybridized carbons (Fsp3) is 0.692. The summed E-state index contributed by atoms with van der Waals surface area (Å²) in [6, 6.07) is 0.548. The van der Waals surface area contributed by atoms with Gasteiger partial charge in [0.05, 0.1) is 11.3 Å². The molecule has 0 aromatic carbocycles. The summed E-state index contributed by atoms with van der Waals surface area (Å²) >= 11 is 0. The predicted molar refractivity (Wildman–Crippen MR) is 74.2 cm³/mol. The molecule has 1 aliphatic heterocycles. The minimum atomic E-state index is 0.121. The first-order chi connectivity index (χ1) is 8.56. The zero-order valence-electron chi connectivity index (χ0n) is 11.5. The summed E-state index contributed by atoms with van der Waals surface area (Å²) < 4.78 is 1.88. The number of anilines is 1. The maximum absolute atomic E-state index is 7.77. The molecule has 0 bridgehead atoms. The van der Waals surface area contributed by atoms with E-state index < -0.39 is 0 Å². The zero-order chi connectivity index (χ0) is 13.3. The second-order valence-electron chi connectivity index (χ2n) is 5.07. The van der Waals surface area contributed by atoms with Crippen LogP contribution >= 0.6 is 0 Å². The molecule has 5 nitrogen and oxygen atoms in total. The van der Waals surface area contributed by atoms with Gasteiger partial charge in [0.1, 0.15) is 11.7 Å². The molecule has 1 aromatic heterocycles. The van der Waals surface area contributed by atoms with E-state index in [1.165, 1.54) is 19.3 Å². The number of nitrogens with two attached hydrogens (primary N) is 1. The maximum Gasteiger partial charge on any atom is 0.138 e. The van der Waals surface area contributed by atoms with E-state index in [1.807, 2.05) is 18.7 Å². The Morgan fingerprint density at radius 2 is 2.22 bits per heavy atom. The molecule has 100 valence electrons. The minimum absolute atomic E-state index is 0.121. The number of hydrogen-bond acceptors (Lipinski definition) is 3. The third-order valence-electron chi connectivity index (χ3n) is 3.83. The van der Waals surface area contributed by atoms with Crippen molar-refractivity contribution < 1.29 is 0 Å². The molecule has 18 heavy (non-hydrogen) atoms. The summed E-state index contributed by atoms with van der Waals surface area (Å²) in [5.41, 5.74) is 7.38. The maximum atomic E-state index is 7.77. The highest BCUT2D eigenvalue weighted by molar-refractivity contribution is 6.01. The smallest absolute Gasteiger partial charge is 0.138 e. The molecule has 0 aliphatic carbocycles. The van der Waals surface area contributed by atoms with Gasteiger partial charge in [-0.3, -0.25) is 10.1 Å². The molecular weight excluding hydrogens is 226 g/mol. The van der Waals surface area contributed by atoms with Crippen LogP contribution in [0, 0.1) is 12.3 Å². The van der Waals surface area contributed by atoms with Crippen molar-refractivity contribution in [2.75, 3.05) is 11.4 Å². The van der Waals surface area contributed by atoms with Crippen LogP contribution in [0.3, 0.4) is 0 Å². The molecule has 0 saturated carbocycles. The van der Waals surface area contributed by atoms with Crippen LogP contribution in [0.4, 0.5) is 5.82 Å². The number of piperidine rings is 1. The van der Waals surface area contributed by atoms with Crippen LogP contribution < -0.4 is 10.6 Å². The fourth-order valence-electron chi connectivity index (χ4n) is 2.99. The van der Waals surface area contributed by atoms with Crippen molar-refractivity contribution in [2.45, 2.75) is 45.6 Å². The predicted octanol–water partition coefficient (Wildman–Crippen LogP) is 1.78. The van der Waals surface area contributed by atoms with E-state index in [-0.39, 0.29) is 5.84 Å². The summed E-state index contributed by atoms with van der Waals surface area (Å²) in [4.78, 5) is 2.39. The Labute approximate surface area is 108 Å². The van der Waals surface area contributed by atoms with Gasteiger partial charge in [0.2, 0.25) is 0 Å². The van der Waals surface area contributed by atoms with Gasteiger partial charge in [0.15, 0.2) is 0 Å². The molecule has 1 atom stereocenters. The number of hydrogen-bond donors (Lipinski definition) is 2. The Bertz CT molecular complexity index is 448. The number of amidine groups is 1. The summed E-state index contributed by atoms with van der Waals surface area (Å²) in [5.74, 6) is 1.14. The standard InChI is InChI=1S/C13H23N5/c1-4-10-7-5-6-8-18(10)13-11(12(14)15)9(2)16-17(13)3/h10H,4-8H2,1-3H3,(H3,14,15). The van der Waals surface area contributed by atoms with Crippen LogP contribution in [0.1, 0.15) is 43.9 Å². The molecule has 0 radical (unpaired) electrons. The Morgan fingerprint density at radius 3 is 2.83 bits per heavy atom. The first-order valence-corrected chi connectivity index (χ1v) is 6.70. The van der Waals surface area contributed by atoms with Gasteiger partial charge in [-0.15, -0.1) is 0 Å². The molecule has 2 rings (SSSR count). The number of aryl methyl sites for hydroxylation is 2. The van der Waals surface area contributed by atoms with E-state index >= 15 is 0 Å². The van der Waals surface area contributed by atoms with Crippen molar-refractivity contribution in [3.05, 3.63) is 11.3 Å². The average molecular weight is 249 g/mol. The third-order valence-corrected chi connectivity index (χ3v) is 3.83. The molecule has 0 amide bonds. The molecule has 1 aliphatic rings. The molecule has 5 heteroatoms. The molecule has 2 heterocycles.